The molecule has 0 aliphatic carbocycles. The highest BCUT2D eigenvalue weighted by Gasteiger charge is 2.11. The molecule has 1 aromatic heterocycles. The van der Waals surface area contributed by atoms with Gasteiger partial charge in [0.25, 0.3) is 9.05 Å². The van der Waals surface area contributed by atoms with E-state index in [0.717, 1.165) is 17.3 Å². The molecule has 0 spiro atoms. The molecule has 0 unspecified atom stereocenters. The van der Waals surface area contributed by atoms with Crippen molar-refractivity contribution in [3.63, 3.8) is 0 Å². The molecule has 0 fully saturated rings. The van der Waals surface area contributed by atoms with Crippen LogP contribution in [0.1, 0.15) is 11.6 Å². The molecule has 1 heterocycles. The first-order valence-electron chi connectivity index (χ1n) is 4.83. The number of rotatable bonds is 2. The van der Waals surface area contributed by atoms with Crippen LogP contribution in [0.4, 0.5) is 0 Å². The first kappa shape index (κ1) is 12.1. The van der Waals surface area contributed by atoms with Crippen LogP contribution >= 0.6 is 10.7 Å². The number of benzene rings is 1. The maximum atomic E-state index is 11.1. The largest absolute Gasteiger partial charge is 0.283 e. The SMILES string of the molecule is Cc1nnc(C)n1-c1ccc(S(=O)(=O)Cl)cc1. The van der Waals surface area contributed by atoms with Crippen LogP contribution in [0.2, 0.25) is 0 Å². The molecule has 0 radical (unpaired) electrons. The van der Waals surface area contributed by atoms with Crippen LogP contribution in [0.5, 0.6) is 0 Å². The minimum Gasteiger partial charge on any atom is -0.283 e. The highest BCUT2D eigenvalue weighted by Crippen LogP contribution is 2.18. The summed E-state index contributed by atoms with van der Waals surface area (Å²) in [5.41, 5.74) is 0.800. The number of aryl methyl sites for hydroxylation is 2. The van der Waals surface area contributed by atoms with Crippen LogP contribution in [0.3, 0.4) is 0 Å². The molecule has 0 saturated heterocycles. The Morgan fingerprint density at radius 2 is 1.53 bits per heavy atom. The fraction of sp³-hybridized carbons (Fsp3) is 0.200. The summed E-state index contributed by atoms with van der Waals surface area (Å²) >= 11 is 0. The third kappa shape index (κ3) is 2.32. The zero-order valence-electron chi connectivity index (χ0n) is 9.25. The van der Waals surface area contributed by atoms with Crippen LogP contribution in [-0.4, -0.2) is 23.2 Å². The van der Waals surface area contributed by atoms with E-state index in [9.17, 15) is 8.42 Å². The first-order chi connectivity index (χ1) is 7.89. The molecule has 2 aromatic rings. The lowest BCUT2D eigenvalue weighted by atomic mass is 10.3. The van der Waals surface area contributed by atoms with Crippen LogP contribution in [-0.2, 0) is 9.05 Å². The van der Waals surface area contributed by atoms with Gasteiger partial charge in [-0.25, -0.2) is 8.42 Å². The summed E-state index contributed by atoms with van der Waals surface area (Å²) in [5.74, 6) is 1.48. The number of hydrogen-bond acceptors (Lipinski definition) is 4. The third-order valence-electron chi connectivity index (χ3n) is 2.36. The zero-order valence-corrected chi connectivity index (χ0v) is 10.8. The summed E-state index contributed by atoms with van der Waals surface area (Å²) in [5, 5.41) is 7.86. The summed E-state index contributed by atoms with van der Waals surface area (Å²) in [7, 11) is 1.56. The molecular formula is C10H10ClN3O2S. The maximum Gasteiger partial charge on any atom is 0.261 e. The van der Waals surface area contributed by atoms with Crippen molar-refractivity contribution in [3.8, 4) is 5.69 Å². The molecule has 0 saturated carbocycles. The van der Waals surface area contributed by atoms with Gasteiger partial charge in [0.2, 0.25) is 0 Å². The summed E-state index contributed by atoms with van der Waals surface area (Å²) in [6.45, 7) is 3.65. The second kappa shape index (κ2) is 4.12. The molecule has 2 rings (SSSR count). The van der Waals surface area contributed by atoms with Gasteiger partial charge in [0.05, 0.1) is 4.90 Å². The average molecular weight is 272 g/mol. The first-order valence-corrected chi connectivity index (χ1v) is 7.14. The van der Waals surface area contributed by atoms with Gasteiger partial charge in [-0.1, -0.05) is 0 Å². The van der Waals surface area contributed by atoms with Gasteiger partial charge in [0, 0.05) is 16.4 Å². The average Bonchev–Trinajstić information content (AvgIpc) is 2.58. The minimum atomic E-state index is -3.68. The van der Waals surface area contributed by atoms with E-state index in [-0.39, 0.29) is 4.90 Å². The van der Waals surface area contributed by atoms with Gasteiger partial charge in [-0.2, -0.15) is 0 Å². The van der Waals surface area contributed by atoms with E-state index in [1.54, 1.807) is 12.1 Å². The fourth-order valence-corrected chi connectivity index (χ4v) is 2.37. The van der Waals surface area contributed by atoms with Crippen molar-refractivity contribution in [1.82, 2.24) is 14.8 Å². The predicted molar refractivity (Wildman–Crippen MR) is 63.9 cm³/mol. The molecular weight excluding hydrogens is 262 g/mol. The van der Waals surface area contributed by atoms with E-state index >= 15 is 0 Å². The number of halogens is 1. The van der Waals surface area contributed by atoms with Crippen molar-refractivity contribution in [1.29, 1.82) is 0 Å². The van der Waals surface area contributed by atoms with E-state index in [4.69, 9.17) is 10.7 Å². The van der Waals surface area contributed by atoms with Gasteiger partial charge in [-0.05, 0) is 38.1 Å². The monoisotopic (exact) mass is 271 g/mol. The van der Waals surface area contributed by atoms with E-state index in [1.165, 1.54) is 12.1 Å². The second-order valence-corrected chi connectivity index (χ2v) is 6.13. The molecule has 17 heavy (non-hydrogen) atoms. The lowest BCUT2D eigenvalue weighted by Gasteiger charge is -2.06. The van der Waals surface area contributed by atoms with Crippen LogP contribution in [0.25, 0.3) is 5.69 Å². The van der Waals surface area contributed by atoms with Crippen molar-refractivity contribution in [2.24, 2.45) is 0 Å². The van der Waals surface area contributed by atoms with Gasteiger partial charge in [0.15, 0.2) is 0 Å². The van der Waals surface area contributed by atoms with E-state index < -0.39 is 9.05 Å². The number of aromatic nitrogens is 3. The summed E-state index contributed by atoms with van der Waals surface area (Å²) < 4.78 is 24.0. The summed E-state index contributed by atoms with van der Waals surface area (Å²) in [4.78, 5) is 0.0753. The van der Waals surface area contributed by atoms with E-state index in [0.29, 0.717) is 0 Å². The molecule has 7 heteroatoms. The summed E-state index contributed by atoms with van der Waals surface area (Å²) in [6.07, 6.45) is 0. The van der Waals surface area contributed by atoms with Crippen LogP contribution < -0.4 is 0 Å². The Bertz CT molecular complexity index is 627. The third-order valence-corrected chi connectivity index (χ3v) is 3.73. The van der Waals surface area contributed by atoms with E-state index in [2.05, 4.69) is 10.2 Å². The summed E-state index contributed by atoms with van der Waals surface area (Å²) in [6, 6.07) is 6.24. The fourth-order valence-electron chi connectivity index (χ4n) is 1.60. The Morgan fingerprint density at radius 1 is 1.06 bits per heavy atom. The van der Waals surface area contributed by atoms with Gasteiger partial charge < -0.3 is 0 Å². The van der Waals surface area contributed by atoms with Crippen molar-refractivity contribution in [3.05, 3.63) is 35.9 Å². The number of nitrogens with zero attached hydrogens (tertiary/aromatic N) is 3. The molecule has 0 aliphatic rings. The molecule has 0 bridgehead atoms. The Morgan fingerprint density at radius 3 is 1.94 bits per heavy atom. The standard InChI is InChI=1S/C10H10ClN3O2S/c1-7-12-13-8(2)14(7)9-3-5-10(6-4-9)17(11,15)16/h3-6H,1-2H3. The Labute approximate surface area is 103 Å². The predicted octanol–water partition coefficient (Wildman–Crippen LogP) is 1.81. The lowest BCUT2D eigenvalue weighted by molar-refractivity contribution is 0.609. The molecule has 5 nitrogen and oxygen atoms in total. The molecule has 0 atom stereocenters. The lowest BCUT2D eigenvalue weighted by Crippen LogP contribution is -2.00. The second-order valence-electron chi connectivity index (χ2n) is 3.56. The van der Waals surface area contributed by atoms with Crippen LogP contribution in [0.15, 0.2) is 29.2 Å². The van der Waals surface area contributed by atoms with Gasteiger partial charge in [-0.3, -0.25) is 4.57 Å². The topological polar surface area (TPSA) is 64.8 Å². The van der Waals surface area contributed by atoms with Crippen molar-refractivity contribution in [2.45, 2.75) is 18.7 Å². The van der Waals surface area contributed by atoms with Gasteiger partial charge in [0.1, 0.15) is 11.6 Å². The Kier molecular flexibility index (Phi) is 2.92. The molecule has 0 aliphatic heterocycles. The highest BCUT2D eigenvalue weighted by atomic mass is 35.7. The van der Waals surface area contributed by atoms with Gasteiger partial charge >= 0.3 is 0 Å². The molecule has 1 aromatic carbocycles. The van der Waals surface area contributed by atoms with E-state index in [1.807, 2.05) is 18.4 Å². The van der Waals surface area contributed by atoms with Crippen molar-refractivity contribution < 1.29 is 8.42 Å². The maximum absolute atomic E-state index is 11.1. The highest BCUT2D eigenvalue weighted by molar-refractivity contribution is 8.13. The normalized spacial score (nSPS) is 11.7. The van der Waals surface area contributed by atoms with Gasteiger partial charge in [-0.15, -0.1) is 10.2 Å². The molecule has 90 valence electrons. The Balaban J connectivity index is 2.50. The van der Waals surface area contributed by atoms with Crippen molar-refractivity contribution >= 4 is 19.7 Å². The van der Waals surface area contributed by atoms with Crippen LogP contribution in [0, 0.1) is 13.8 Å². The minimum absolute atomic E-state index is 0.0753. The Hall–Kier alpha value is -1.40. The zero-order chi connectivity index (χ0) is 12.6. The smallest absolute Gasteiger partial charge is 0.261 e. The van der Waals surface area contributed by atoms with Crippen molar-refractivity contribution in [2.75, 3.05) is 0 Å². The molecule has 0 amide bonds. The molecule has 0 N–H and O–H groups in total. The number of hydrogen-bond donors (Lipinski definition) is 0. The quantitative estimate of drug-likeness (QED) is 0.782.